The second-order valence-electron chi connectivity index (χ2n) is 5.08. The molecule has 0 saturated carbocycles. The summed E-state index contributed by atoms with van der Waals surface area (Å²) in [6, 6.07) is 14.1. The van der Waals surface area contributed by atoms with Crippen molar-refractivity contribution in [2.45, 2.75) is 0 Å². The van der Waals surface area contributed by atoms with Crippen LogP contribution in [0.3, 0.4) is 0 Å². The first kappa shape index (κ1) is 16.9. The molecule has 1 heterocycles. The molecule has 0 radical (unpaired) electrons. The van der Waals surface area contributed by atoms with Gasteiger partial charge in [-0.05, 0) is 0 Å². The number of hydrogen-bond donors (Lipinski definition) is 1. The Balaban J connectivity index is 1.85. The summed E-state index contributed by atoms with van der Waals surface area (Å²) in [7, 11) is 2.97. The number of hydrogen-bond acceptors (Lipinski definition) is 5. The molecular weight excluding hydrogens is 344 g/mol. The zero-order valence-electron chi connectivity index (χ0n) is 13.6. The van der Waals surface area contributed by atoms with Gasteiger partial charge in [0.05, 0.1) is 24.9 Å². The monoisotopic (exact) mass is 358 g/mol. The van der Waals surface area contributed by atoms with Crippen molar-refractivity contribution in [3.05, 3.63) is 59.2 Å². The summed E-state index contributed by atoms with van der Waals surface area (Å²) in [5, 5.41) is 6.92. The highest BCUT2D eigenvalue weighted by Gasteiger charge is 2.17. The van der Waals surface area contributed by atoms with E-state index < -0.39 is 5.91 Å². The fraction of sp³-hybridized carbons (Fsp3) is 0.111. The number of carbonyl (C=O) groups excluding carboxylic acids is 1. The molecule has 0 spiro atoms. The SMILES string of the molecule is COc1cc(NC(=O)c2cc(-c3ccccc3)on2)c(OC)cc1Cl. The predicted molar refractivity (Wildman–Crippen MR) is 94.4 cm³/mol. The second kappa shape index (κ2) is 7.27. The van der Waals surface area contributed by atoms with E-state index in [0.29, 0.717) is 28.0 Å². The molecule has 0 aliphatic heterocycles. The molecule has 3 aromatic rings. The van der Waals surface area contributed by atoms with Gasteiger partial charge < -0.3 is 19.3 Å². The molecule has 0 saturated heterocycles. The van der Waals surface area contributed by atoms with Crippen molar-refractivity contribution in [1.29, 1.82) is 0 Å². The van der Waals surface area contributed by atoms with E-state index >= 15 is 0 Å². The van der Waals surface area contributed by atoms with Crippen molar-refractivity contribution in [3.8, 4) is 22.8 Å². The van der Waals surface area contributed by atoms with Gasteiger partial charge in [0, 0.05) is 23.8 Å². The summed E-state index contributed by atoms with van der Waals surface area (Å²) >= 11 is 6.06. The Morgan fingerprint density at radius 1 is 1.08 bits per heavy atom. The zero-order valence-corrected chi connectivity index (χ0v) is 14.3. The lowest BCUT2D eigenvalue weighted by atomic mass is 10.1. The lowest BCUT2D eigenvalue weighted by Gasteiger charge is -2.12. The third kappa shape index (κ3) is 3.59. The number of nitrogens with zero attached hydrogens (tertiary/aromatic N) is 1. The smallest absolute Gasteiger partial charge is 0.277 e. The zero-order chi connectivity index (χ0) is 17.8. The van der Waals surface area contributed by atoms with Crippen molar-refractivity contribution >= 4 is 23.2 Å². The van der Waals surface area contributed by atoms with Crippen molar-refractivity contribution in [2.24, 2.45) is 0 Å². The van der Waals surface area contributed by atoms with Crippen LogP contribution in [0.15, 0.2) is 53.1 Å². The maximum absolute atomic E-state index is 12.4. The molecule has 0 aliphatic rings. The number of amides is 1. The van der Waals surface area contributed by atoms with Crippen LogP contribution >= 0.6 is 11.6 Å². The molecule has 0 unspecified atom stereocenters. The maximum atomic E-state index is 12.4. The van der Waals surface area contributed by atoms with Gasteiger partial charge in [-0.25, -0.2) is 0 Å². The Hall–Kier alpha value is -2.99. The standard InChI is InChI=1S/C18H15ClN2O4/c1-23-16-9-13(17(24-2)8-12(16)19)20-18(22)14-10-15(25-21-14)11-6-4-3-5-7-11/h3-10H,1-2H3,(H,20,22). The first-order valence-corrected chi connectivity index (χ1v) is 7.75. The Morgan fingerprint density at radius 3 is 2.48 bits per heavy atom. The number of anilines is 1. The fourth-order valence-electron chi connectivity index (χ4n) is 2.27. The molecule has 0 atom stereocenters. The van der Waals surface area contributed by atoms with Crippen molar-refractivity contribution in [1.82, 2.24) is 5.16 Å². The highest BCUT2D eigenvalue weighted by Crippen LogP contribution is 2.36. The van der Waals surface area contributed by atoms with E-state index in [2.05, 4.69) is 10.5 Å². The Labute approximate surface area is 149 Å². The van der Waals surface area contributed by atoms with E-state index in [1.807, 2.05) is 30.3 Å². The van der Waals surface area contributed by atoms with E-state index in [9.17, 15) is 4.79 Å². The third-order valence-corrected chi connectivity index (χ3v) is 3.82. The Kier molecular flexibility index (Phi) is 4.90. The number of rotatable bonds is 5. The first-order chi connectivity index (χ1) is 12.1. The summed E-state index contributed by atoms with van der Waals surface area (Å²) in [4.78, 5) is 12.4. The second-order valence-corrected chi connectivity index (χ2v) is 5.49. The average Bonchev–Trinajstić information content (AvgIpc) is 3.13. The van der Waals surface area contributed by atoms with Gasteiger partial charge in [-0.2, -0.15) is 0 Å². The van der Waals surface area contributed by atoms with Crippen molar-refractivity contribution in [2.75, 3.05) is 19.5 Å². The predicted octanol–water partition coefficient (Wildman–Crippen LogP) is 4.26. The van der Waals surface area contributed by atoms with Crippen molar-refractivity contribution < 1.29 is 18.8 Å². The molecule has 1 aromatic heterocycles. The molecule has 2 aromatic carbocycles. The van der Waals surface area contributed by atoms with E-state index in [4.69, 9.17) is 25.6 Å². The van der Waals surface area contributed by atoms with Crippen LogP contribution in [0.5, 0.6) is 11.5 Å². The van der Waals surface area contributed by atoms with Gasteiger partial charge in [0.25, 0.3) is 5.91 Å². The van der Waals surface area contributed by atoms with Crippen LogP contribution in [-0.2, 0) is 0 Å². The minimum atomic E-state index is -0.436. The number of aromatic nitrogens is 1. The molecule has 1 N–H and O–H groups in total. The van der Waals surface area contributed by atoms with Crippen LogP contribution in [0.4, 0.5) is 5.69 Å². The molecule has 0 fully saturated rings. The van der Waals surface area contributed by atoms with Gasteiger partial charge in [-0.3, -0.25) is 4.79 Å². The molecule has 25 heavy (non-hydrogen) atoms. The fourth-order valence-corrected chi connectivity index (χ4v) is 2.50. The highest BCUT2D eigenvalue weighted by atomic mass is 35.5. The average molecular weight is 359 g/mol. The van der Waals surface area contributed by atoms with Crippen LogP contribution < -0.4 is 14.8 Å². The normalized spacial score (nSPS) is 10.4. The van der Waals surface area contributed by atoms with Gasteiger partial charge in [-0.1, -0.05) is 47.1 Å². The number of nitrogens with one attached hydrogen (secondary N) is 1. The topological polar surface area (TPSA) is 73.6 Å². The highest BCUT2D eigenvalue weighted by molar-refractivity contribution is 6.32. The van der Waals surface area contributed by atoms with Crippen LogP contribution in [0.2, 0.25) is 5.02 Å². The maximum Gasteiger partial charge on any atom is 0.277 e. The van der Waals surface area contributed by atoms with Crippen LogP contribution in [0.25, 0.3) is 11.3 Å². The number of methoxy groups -OCH3 is 2. The molecule has 3 rings (SSSR count). The number of halogens is 1. The van der Waals surface area contributed by atoms with E-state index in [1.54, 1.807) is 18.2 Å². The Bertz CT molecular complexity index is 893. The van der Waals surface area contributed by atoms with Gasteiger partial charge in [0.1, 0.15) is 11.5 Å². The first-order valence-electron chi connectivity index (χ1n) is 7.37. The lowest BCUT2D eigenvalue weighted by Crippen LogP contribution is -2.13. The molecule has 0 aliphatic carbocycles. The third-order valence-electron chi connectivity index (χ3n) is 3.52. The number of ether oxygens (including phenoxy) is 2. The van der Waals surface area contributed by atoms with Crippen molar-refractivity contribution in [3.63, 3.8) is 0 Å². The largest absolute Gasteiger partial charge is 0.495 e. The molecular formula is C18H15ClN2O4. The summed E-state index contributed by atoms with van der Waals surface area (Å²) in [5.41, 5.74) is 1.40. The molecule has 0 bridgehead atoms. The van der Waals surface area contributed by atoms with Gasteiger partial charge in [0.15, 0.2) is 11.5 Å². The summed E-state index contributed by atoms with van der Waals surface area (Å²) in [5.74, 6) is 0.897. The van der Waals surface area contributed by atoms with Gasteiger partial charge in [-0.15, -0.1) is 0 Å². The molecule has 1 amide bonds. The van der Waals surface area contributed by atoms with Gasteiger partial charge >= 0.3 is 0 Å². The Morgan fingerprint density at radius 2 is 1.80 bits per heavy atom. The quantitative estimate of drug-likeness (QED) is 0.737. The minimum Gasteiger partial charge on any atom is -0.495 e. The molecule has 7 heteroatoms. The summed E-state index contributed by atoms with van der Waals surface area (Å²) in [6.45, 7) is 0. The van der Waals surface area contributed by atoms with E-state index in [0.717, 1.165) is 5.56 Å². The minimum absolute atomic E-state index is 0.148. The van der Waals surface area contributed by atoms with E-state index in [-0.39, 0.29) is 5.69 Å². The summed E-state index contributed by atoms with van der Waals surface area (Å²) < 4.78 is 15.6. The number of benzene rings is 2. The van der Waals surface area contributed by atoms with E-state index in [1.165, 1.54) is 14.2 Å². The van der Waals surface area contributed by atoms with Crippen LogP contribution in [0.1, 0.15) is 10.5 Å². The summed E-state index contributed by atoms with van der Waals surface area (Å²) in [6.07, 6.45) is 0. The van der Waals surface area contributed by atoms with Gasteiger partial charge in [0.2, 0.25) is 0 Å². The van der Waals surface area contributed by atoms with Crippen LogP contribution in [-0.4, -0.2) is 25.3 Å². The number of carbonyl (C=O) groups is 1. The van der Waals surface area contributed by atoms with Crippen LogP contribution in [0, 0.1) is 0 Å². The molecule has 6 nitrogen and oxygen atoms in total. The molecule has 128 valence electrons. The lowest BCUT2D eigenvalue weighted by molar-refractivity contribution is 0.101.